The van der Waals surface area contributed by atoms with E-state index in [2.05, 4.69) is 10.6 Å². The van der Waals surface area contributed by atoms with Crippen molar-refractivity contribution in [2.45, 2.75) is 19.8 Å². The second-order valence-electron chi connectivity index (χ2n) is 10.9. The molecule has 0 heterocycles. The summed E-state index contributed by atoms with van der Waals surface area (Å²) in [4.78, 5) is 42.1. The predicted octanol–water partition coefficient (Wildman–Crippen LogP) is 3.52. The molecule has 228 valence electrons. The normalized spacial score (nSPS) is 14.4. The van der Waals surface area contributed by atoms with Crippen molar-refractivity contribution in [3.05, 3.63) is 49.3 Å². The summed E-state index contributed by atoms with van der Waals surface area (Å²) in [6, 6.07) is 3.00. The lowest BCUT2D eigenvalue weighted by molar-refractivity contribution is -0.117. The molecule has 0 saturated carbocycles. The lowest BCUT2D eigenvalue weighted by atomic mass is 9.80. The van der Waals surface area contributed by atoms with Crippen molar-refractivity contribution in [2.75, 3.05) is 58.3 Å². The Morgan fingerprint density at radius 2 is 1.41 bits per heavy atom. The number of carbonyl (C=O) groups excluding carboxylic acids is 1. The first-order valence-corrected chi connectivity index (χ1v) is 14.1. The summed E-state index contributed by atoms with van der Waals surface area (Å²) in [5, 5.41) is 39.7. The first-order valence-electron chi connectivity index (χ1n) is 14.1. The standard InChI is InChI=1S/C33H32N2O9/c1-13-10-15-21-26-23(31(40)30(15)35-7-9-37)17(39)12-19(43-4)25(26)24-18(42-3)11-16(34-6-8-36)22-28(24)27(21)29(20(13)14(2)38)33(44-5)32(22)41/h10-12,20,34-37,39H,6-9H2,1-5H3. The van der Waals surface area contributed by atoms with Crippen molar-refractivity contribution in [1.29, 1.82) is 0 Å². The Labute approximate surface area is 250 Å². The van der Waals surface area contributed by atoms with Gasteiger partial charge in [-0.2, -0.15) is 0 Å². The van der Waals surface area contributed by atoms with E-state index in [1.807, 2.05) is 0 Å². The van der Waals surface area contributed by atoms with Gasteiger partial charge in [0.15, 0.2) is 5.75 Å². The lowest BCUT2D eigenvalue weighted by Gasteiger charge is -2.25. The largest absolute Gasteiger partial charge is 0.507 e. The summed E-state index contributed by atoms with van der Waals surface area (Å²) in [5.74, 6) is -0.921. The molecule has 1 atom stereocenters. The van der Waals surface area contributed by atoms with Crippen molar-refractivity contribution < 1.29 is 34.3 Å². The van der Waals surface area contributed by atoms with Gasteiger partial charge in [0, 0.05) is 69.0 Å². The van der Waals surface area contributed by atoms with Gasteiger partial charge in [0.1, 0.15) is 23.0 Å². The minimum Gasteiger partial charge on any atom is -0.507 e. The van der Waals surface area contributed by atoms with Crippen molar-refractivity contribution in [2.24, 2.45) is 0 Å². The van der Waals surface area contributed by atoms with Gasteiger partial charge in [0.25, 0.3) is 0 Å². The Balaban J connectivity index is 2.12. The molecule has 0 saturated heterocycles. The monoisotopic (exact) mass is 600 g/mol. The van der Waals surface area contributed by atoms with Crippen LogP contribution >= 0.6 is 0 Å². The Morgan fingerprint density at radius 3 is 2.00 bits per heavy atom. The number of aromatic hydroxyl groups is 1. The zero-order valence-electron chi connectivity index (χ0n) is 24.9. The number of allylic oxidation sites excluding steroid dienone is 1. The van der Waals surface area contributed by atoms with E-state index in [9.17, 15) is 29.7 Å². The van der Waals surface area contributed by atoms with E-state index in [1.165, 1.54) is 34.3 Å². The van der Waals surface area contributed by atoms with Crippen LogP contribution in [-0.4, -0.2) is 68.7 Å². The second-order valence-corrected chi connectivity index (χ2v) is 10.9. The van der Waals surface area contributed by atoms with E-state index in [1.54, 1.807) is 19.1 Å². The van der Waals surface area contributed by atoms with Gasteiger partial charge in [-0.1, -0.05) is 11.6 Å². The van der Waals surface area contributed by atoms with Crippen LogP contribution in [0.1, 0.15) is 30.9 Å². The maximum Gasteiger partial charge on any atom is 0.230 e. The molecule has 1 unspecified atom stereocenters. The second kappa shape index (κ2) is 10.7. The number of nitrogens with one attached hydrogen (secondary N) is 2. The van der Waals surface area contributed by atoms with Crippen LogP contribution in [0.4, 0.5) is 11.4 Å². The first-order chi connectivity index (χ1) is 21.2. The number of fused-ring (bicyclic) bond motifs is 1. The molecule has 11 nitrogen and oxygen atoms in total. The van der Waals surface area contributed by atoms with Crippen LogP contribution in [0.2, 0.25) is 0 Å². The SMILES string of the molecule is COc1c2c3c4c(c(NCCO)c(=O)c5c(O)cc(OC)c(c6c(OC)cc(NCCO)c(c1=O)c63)c54)C=C(C)C2C(C)=O. The molecule has 0 fully saturated rings. The number of methoxy groups -OCH3 is 3. The summed E-state index contributed by atoms with van der Waals surface area (Å²) < 4.78 is 17.5. The lowest BCUT2D eigenvalue weighted by Crippen LogP contribution is -2.19. The minimum absolute atomic E-state index is 0.00627. The van der Waals surface area contributed by atoms with E-state index in [0.717, 1.165) is 0 Å². The molecule has 0 aromatic heterocycles. The van der Waals surface area contributed by atoms with Crippen LogP contribution in [0.5, 0.6) is 23.0 Å². The van der Waals surface area contributed by atoms with Crippen LogP contribution in [0, 0.1) is 0 Å². The number of anilines is 2. The molecule has 0 amide bonds. The summed E-state index contributed by atoms with van der Waals surface area (Å²) in [5.41, 5.74) is 0.885. The topological polar surface area (TPSA) is 164 Å². The van der Waals surface area contributed by atoms with Crippen LogP contribution in [0.25, 0.3) is 49.2 Å². The average molecular weight is 601 g/mol. The van der Waals surface area contributed by atoms with Gasteiger partial charge in [0.2, 0.25) is 10.9 Å². The number of aliphatic hydroxyl groups is 2. The van der Waals surface area contributed by atoms with Gasteiger partial charge in [-0.15, -0.1) is 0 Å². The third kappa shape index (κ3) is 3.79. The molecule has 5 aromatic carbocycles. The highest BCUT2D eigenvalue weighted by molar-refractivity contribution is 6.40. The number of ether oxygens (including phenoxy) is 3. The molecule has 5 aromatic rings. The number of carbonyl (C=O) groups is 1. The van der Waals surface area contributed by atoms with Gasteiger partial charge in [-0.3, -0.25) is 14.4 Å². The Morgan fingerprint density at radius 1 is 0.795 bits per heavy atom. The van der Waals surface area contributed by atoms with Crippen molar-refractivity contribution in [3.8, 4) is 23.0 Å². The maximum absolute atomic E-state index is 14.4. The van der Waals surface area contributed by atoms with E-state index < -0.39 is 16.8 Å². The quantitative estimate of drug-likeness (QED) is 0.118. The molecule has 0 aliphatic heterocycles. The predicted molar refractivity (Wildman–Crippen MR) is 171 cm³/mol. The summed E-state index contributed by atoms with van der Waals surface area (Å²) in [7, 11) is 4.29. The molecular formula is C33H32N2O9. The molecule has 5 N–H and O–H groups in total. The Bertz CT molecular complexity index is 2160. The molecular weight excluding hydrogens is 568 g/mol. The van der Waals surface area contributed by atoms with Gasteiger partial charge in [-0.25, -0.2) is 0 Å². The minimum atomic E-state index is -0.908. The number of hydrogen-bond acceptors (Lipinski definition) is 11. The molecule has 11 heteroatoms. The van der Waals surface area contributed by atoms with E-state index >= 15 is 0 Å². The number of benzene rings is 5. The van der Waals surface area contributed by atoms with Gasteiger partial charge in [0.05, 0.1) is 56.9 Å². The first kappa shape index (κ1) is 29.2. The number of Topliss-reactive ketones (excluding diaryl/α,β-unsaturated/α-hetero) is 1. The zero-order chi connectivity index (χ0) is 31.6. The molecule has 0 spiro atoms. The molecule has 0 radical (unpaired) electrons. The van der Waals surface area contributed by atoms with Crippen LogP contribution in [0.15, 0.2) is 27.3 Å². The number of phenols is 1. The van der Waals surface area contributed by atoms with E-state index in [0.29, 0.717) is 60.5 Å². The van der Waals surface area contributed by atoms with Crippen molar-refractivity contribution in [1.82, 2.24) is 0 Å². The van der Waals surface area contributed by atoms with E-state index in [-0.39, 0.29) is 65.8 Å². The Hall–Kier alpha value is -4.87. The third-order valence-corrected chi connectivity index (χ3v) is 8.51. The maximum atomic E-state index is 14.4. The fraction of sp³-hybridized carbons (Fsp3) is 0.303. The third-order valence-electron chi connectivity index (χ3n) is 8.51. The number of ketones is 1. The molecule has 6 rings (SSSR count). The van der Waals surface area contributed by atoms with Gasteiger partial charge < -0.3 is 40.2 Å². The van der Waals surface area contributed by atoms with Crippen LogP contribution < -0.4 is 35.7 Å². The zero-order valence-corrected chi connectivity index (χ0v) is 24.9. The molecule has 44 heavy (non-hydrogen) atoms. The Kier molecular flexibility index (Phi) is 7.10. The van der Waals surface area contributed by atoms with Crippen LogP contribution in [0.3, 0.4) is 0 Å². The number of phenolic OH excluding ortho intramolecular Hbond substituents is 1. The van der Waals surface area contributed by atoms with Crippen molar-refractivity contribution in [3.63, 3.8) is 0 Å². The average Bonchev–Trinajstić information content (AvgIpc) is 3.13. The smallest absolute Gasteiger partial charge is 0.230 e. The summed E-state index contributed by atoms with van der Waals surface area (Å²) in [6.45, 7) is 2.90. The molecule has 1 aliphatic rings. The highest BCUT2D eigenvalue weighted by Gasteiger charge is 2.37. The number of hydrogen-bond donors (Lipinski definition) is 5. The highest BCUT2D eigenvalue weighted by Crippen LogP contribution is 2.55. The van der Waals surface area contributed by atoms with E-state index in [4.69, 9.17) is 14.2 Å². The summed E-state index contributed by atoms with van der Waals surface area (Å²) >= 11 is 0. The molecule has 1 aliphatic carbocycles. The molecule has 0 bridgehead atoms. The van der Waals surface area contributed by atoms with Crippen molar-refractivity contribution >= 4 is 66.3 Å². The fourth-order valence-electron chi connectivity index (χ4n) is 6.97. The van der Waals surface area contributed by atoms with Crippen LogP contribution in [-0.2, 0) is 4.79 Å². The summed E-state index contributed by atoms with van der Waals surface area (Å²) in [6.07, 6.45) is 1.74. The fourth-order valence-corrected chi connectivity index (χ4v) is 6.97. The number of aliphatic hydroxyl groups excluding tert-OH is 2. The highest BCUT2D eigenvalue weighted by atomic mass is 16.5. The van der Waals surface area contributed by atoms with Gasteiger partial charge in [-0.05, 0) is 19.2 Å². The van der Waals surface area contributed by atoms with Gasteiger partial charge >= 0.3 is 0 Å². The number of rotatable bonds is 10.